The molecule has 6 rings (SSSR count). The largest absolute Gasteiger partial charge is 0.508 e. The Labute approximate surface area is 232 Å². The maximum atomic E-state index is 13.5. The second-order valence-electron chi connectivity index (χ2n) is 11.0. The van der Waals surface area contributed by atoms with Gasteiger partial charge in [-0.1, -0.05) is 54.6 Å². The Bertz CT molecular complexity index is 1550. The molecule has 1 aliphatic heterocycles. The standard InChI is InChI=1S/C32H31FNO5P/c33-24-11-9-23(10-12-24)32(18-19-32)17-16-28-30(34(31(28)36)25-4-2-1-3-5-25)27-15-8-22(20-29(27)35)21-6-13-26(14-7-21)40(37,38)39/h1-15,20,28,30-31,35-36H,16-19H2,(H2,37,38,39)/t28?,30-,31?/m1/s1. The van der Waals surface area contributed by atoms with E-state index in [-0.39, 0.29) is 34.2 Å². The van der Waals surface area contributed by atoms with Crippen LogP contribution in [-0.4, -0.2) is 26.2 Å². The van der Waals surface area contributed by atoms with Crippen molar-refractivity contribution in [3.63, 3.8) is 0 Å². The molecule has 1 saturated carbocycles. The van der Waals surface area contributed by atoms with Crippen molar-refractivity contribution in [3.05, 3.63) is 114 Å². The lowest BCUT2D eigenvalue weighted by Crippen LogP contribution is -2.58. The first-order valence-corrected chi connectivity index (χ1v) is 15.0. The van der Waals surface area contributed by atoms with E-state index in [0.29, 0.717) is 5.56 Å². The van der Waals surface area contributed by atoms with Gasteiger partial charge in [0.15, 0.2) is 0 Å². The number of phenolic OH excluding ortho intramolecular Hbond substituents is 1. The number of aliphatic hydroxyl groups is 1. The highest BCUT2D eigenvalue weighted by molar-refractivity contribution is 7.60. The molecule has 0 aromatic heterocycles. The van der Waals surface area contributed by atoms with Crippen molar-refractivity contribution in [2.75, 3.05) is 4.90 Å². The molecule has 2 aliphatic rings. The van der Waals surface area contributed by atoms with Crippen LogP contribution in [0.4, 0.5) is 10.1 Å². The van der Waals surface area contributed by atoms with Gasteiger partial charge in [-0.2, -0.15) is 0 Å². The minimum atomic E-state index is -4.34. The normalized spacial score (nSPS) is 21.6. The number of anilines is 1. The Morgan fingerprint density at radius 3 is 2.12 bits per heavy atom. The summed E-state index contributed by atoms with van der Waals surface area (Å²) in [4.78, 5) is 20.7. The zero-order valence-electron chi connectivity index (χ0n) is 21.8. The van der Waals surface area contributed by atoms with Gasteiger partial charge in [0.1, 0.15) is 17.8 Å². The van der Waals surface area contributed by atoms with Gasteiger partial charge in [0.05, 0.1) is 11.3 Å². The number of halogens is 1. The van der Waals surface area contributed by atoms with Crippen molar-refractivity contribution < 1.29 is 29.0 Å². The van der Waals surface area contributed by atoms with Crippen molar-refractivity contribution in [1.82, 2.24) is 0 Å². The van der Waals surface area contributed by atoms with E-state index in [0.717, 1.165) is 48.1 Å². The summed E-state index contributed by atoms with van der Waals surface area (Å²) >= 11 is 0. The zero-order chi connectivity index (χ0) is 28.1. The minimum Gasteiger partial charge on any atom is -0.508 e. The molecular weight excluding hydrogens is 528 g/mol. The van der Waals surface area contributed by atoms with Crippen LogP contribution >= 0.6 is 7.60 Å². The molecule has 1 heterocycles. The molecule has 0 radical (unpaired) electrons. The third-order valence-corrected chi connectivity index (χ3v) is 9.55. The molecule has 4 aromatic carbocycles. The number of para-hydroxylation sites is 1. The van der Waals surface area contributed by atoms with Crippen LogP contribution in [0.5, 0.6) is 5.75 Å². The predicted molar refractivity (Wildman–Crippen MR) is 153 cm³/mol. The highest BCUT2D eigenvalue weighted by atomic mass is 31.2. The van der Waals surface area contributed by atoms with Gasteiger partial charge in [0, 0.05) is 17.2 Å². The third kappa shape index (κ3) is 4.95. The van der Waals surface area contributed by atoms with Gasteiger partial charge >= 0.3 is 7.60 Å². The van der Waals surface area contributed by atoms with E-state index in [1.165, 1.54) is 24.3 Å². The second-order valence-corrected chi connectivity index (χ2v) is 12.6. The van der Waals surface area contributed by atoms with E-state index in [2.05, 4.69) is 0 Å². The van der Waals surface area contributed by atoms with Crippen LogP contribution in [0.2, 0.25) is 0 Å². The van der Waals surface area contributed by atoms with Crippen molar-refractivity contribution in [2.24, 2.45) is 5.92 Å². The highest BCUT2D eigenvalue weighted by Crippen LogP contribution is 2.56. The molecule has 2 fully saturated rings. The van der Waals surface area contributed by atoms with Gasteiger partial charge in [-0.15, -0.1) is 0 Å². The number of hydrogen-bond donors (Lipinski definition) is 4. The van der Waals surface area contributed by atoms with Gasteiger partial charge in [0.25, 0.3) is 0 Å². The molecule has 0 bridgehead atoms. The van der Waals surface area contributed by atoms with Crippen LogP contribution in [0, 0.1) is 11.7 Å². The quantitative estimate of drug-likeness (QED) is 0.197. The molecule has 40 heavy (non-hydrogen) atoms. The molecule has 1 saturated heterocycles. The molecule has 0 spiro atoms. The van der Waals surface area contributed by atoms with E-state index < -0.39 is 13.8 Å². The molecule has 3 atom stereocenters. The van der Waals surface area contributed by atoms with Crippen LogP contribution in [-0.2, 0) is 9.98 Å². The van der Waals surface area contributed by atoms with Crippen LogP contribution in [0.3, 0.4) is 0 Å². The summed E-state index contributed by atoms with van der Waals surface area (Å²) in [6.07, 6.45) is 2.97. The fraction of sp³-hybridized carbons (Fsp3) is 0.250. The Kier molecular flexibility index (Phi) is 6.79. The Balaban J connectivity index is 1.28. The topological polar surface area (TPSA) is 101 Å². The fourth-order valence-electron chi connectivity index (χ4n) is 6.14. The molecule has 4 N–H and O–H groups in total. The lowest BCUT2D eigenvalue weighted by Gasteiger charge is -2.54. The van der Waals surface area contributed by atoms with E-state index in [1.54, 1.807) is 18.2 Å². The molecule has 8 heteroatoms. The fourth-order valence-corrected chi connectivity index (χ4v) is 6.68. The monoisotopic (exact) mass is 559 g/mol. The van der Waals surface area contributed by atoms with Gasteiger partial charge in [0.2, 0.25) is 0 Å². The first kappa shape index (κ1) is 26.7. The number of rotatable bonds is 8. The highest BCUT2D eigenvalue weighted by Gasteiger charge is 2.51. The van der Waals surface area contributed by atoms with E-state index >= 15 is 0 Å². The summed E-state index contributed by atoms with van der Waals surface area (Å²) in [5, 5.41) is 22.5. The first-order valence-electron chi connectivity index (χ1n) is 13.4. The van der Waals surface area contributed by atoms with E-state index in [1.807, 2.05) is 59.5 Å². The summed E-state index contributed by atoms with van der Waals surface area (Å²) in [5.74, 6) is -0.263. The molecular formula is C32H31FNO5P. The number of aromatic hydroxyl groups is 1. The smallest absolute Gasteiger partial charge is 0.356 e. The summed E-state index contributed by atoms with van der Waals surface area (Å²) < 4.78 is 25.0. The maximum Gasteiger partial charge on any atom is 0.356 e. The molecule has 0 amide bonds. The summed E-state index contributed by atoms with van der Waals surface area (Å²) in [7, 11) is -4.34. The predicted octanol–water partition coefficient (Wildman–Crippen LogP) is 6.01. The minimum absolute atomic E-state index is 0.0102. The summed E-state index contributed by atoms with van der Waals surface area (Å²) in [6, 6.07) is 27.6. The number of benzene rings is 4. The molecule has 2 unspecified atom stereocenters. The van der Waals surface area contributed by atoms with Crippen molar-refractivity contribution >= 4 is 18.6 Å². The third-order valence-electron chi connectivity index (χ3n) is 8.58. The van der Waals surface area contributed by atoms with Crippen LogP contribution < -0.4 is 10.2 Å². The van der Waals surface area contributed by atoms with Crippen molar-refractivity contribution in [1.29, 1.82) is 0 Å². The number of nitrogens with zero attached hydrogens (tertiary/aromatic N) is 1. The molecule has 4 aromatic rings. The lowest BCUT2D eigenvalue weighted by atomic mass is 9.75. The lowest BCUT2D eigenvalue weighted by molar-refractivity contribution is -0.00221. The Hall–Kier alpha value is -3.48. The van der Waals surface area contributed by atoms with Crippen LogP contribution in [0.25, 0.3) is 11.1 Å². The second kappa shape index (κ2) is 10.2. The SMILES string of the molecule is O=P(O)(O)c1ccc(-c2ccc([C@@H]3C(CCC4(c5ccc(F)cc5)CC4)C(O)N3c3ccccc3)c(O)c2)cc1. The van der Waals surface area contributed by atoms with Crippen LogP contribution in [0.1, 0.15) is 42.9 Å². The van der Waals surface area contributed by atoms with Gasteiger partial charge in [-0.05, 0) is 90.3 Å². The van der Waals surface area contributed by atoms with Gasteiger partial charge < -0.3 is 24.9 Å². The Morgan fingerprint density at radius 1 is 0.875 bits per heavy atom. The number of aliphatic hydroxyl groups excluding tert-OH is 1. The maximum absolute atomic E-state index is 13.5. The average molecular weight is 560 g/mol. The molecule has 6 nitrogen and oxygen atoms in total. The van der Waals surface area contributed by atoms with Gasteiger partial charge in [-0.3, -0.25) is 4.57 Å². The summed E-state index contributed by atoms with van der Waals surface area (Å²) in [6.45, 7) is 0. The molecule has 1 aliphatic carbocycles. The number of phenols is 1. The molecule has 206 valence electrons. The summed E-state index contributed by atoms with van der Waals surface area (Å²) in [5.41, 5.74) is 4.16. The van der Waals surface area contributed by atoms with Crippen LogP contribution in [0.15, 0.2) is 97.1 Å². The van der Waals surface area contributed by atoms with Crippen molar-refractivity contribution in [2.45, 2.75) is 43.4 Å². The average Bonchev–Trinajstić information content (AvgIpc) is 3.73. The van der Waals surface area contributed by atoms with E-state index in [4.69, 9.17) is 0 Å². The number of hydrogen-bond acceptors (Lipinski definition) is 4. The Morgan fingerprint density at radius 2 is 1.52 bits per heavy atom. The first-order chi connectivity index (χ1) is 19.2. The zero-order valence-corrected chi connectivity index (χ0v) is 22.7. The van der Waals surface area contributed by atoms with E-state index in [9.17, 15) is 29.0 Å². The van der Waals surface area contributed by atoms with Crippen molar-refractivity contribution in [3.8, 4) is 16.9 Å². The van der Waals surface area contributed by atoms with Gasteiger partial charge in [-0.25, -0.2) is 4.39 Å².